The molecule has 1 aromatic rings. The third kappa shape index (κ3) is 3.98. The zero-order valence-electron chi connectivity index (χ0n) is 20.5. The van der Waals surface area contributed by atoms with Gasteiger partial charge in [0.05, 0.1) is 5.60 Å². The van der Waals surface area contributed by atoms with Crippen LogP contribution in [0, 0.1) is 40.4 Å². The molecule has 0 aliphatic heterocycles. The van der Waals surface area contributed by atoms with E-state index in [1.165, 1.54) is 37.1 Å². The van der Waals surface area contributed by atoms with Crippen molar-refractivity contribution >= 4 is 5.78 Å². The summed E-state index contributed by atoms with van der Waals surface area (Å²) in [4.78, 5) is 13.5. The molecule has 34 heavy (non-hydrogen) atoms. The van der Waals surface area contributed by atoms with Crippen molar-refractivity contribution in [1.29, 1.82) is 0 Å². The van der Waals surface area contributed by atoms with Crippen molar-refractivity contribution in [3.8, 4) is 5.75 Å². The highest BCUT2D eigenvalue weighted by Crippen LogP contribution is 2.68. The average Bonchev–Trinajstić information content (AvgIpc) is 3.10. The molecule has 4 aliphatic rings. The molecule has 1 aromatic carbocycles. The summed E-state index contributed by atoms with van der Waals surface area (Å²) in [5.74, 6) is 2.08. The molecule has 8 atom stereocenters. The summed E-state index contributed by atoms with van der Waals surface area (Å²) in [6, 6.07) is 5.44. The zero-order valence-corrected chi connectivity index (χ0v) is 20.5. The van der Waals surface area contributed by atoms with Crippen molar-refractivity contribution in [2.24, 2.45) is 40.4 Å². The quantitative estimate of drug-likeness (QED) is 0.468. The van der Waals surface area contributed by atoms with E-state index in [2.05, 4.69) is 18.6 Å². The van der Waals surface area contributed by atoms with Gasteiger partial charge in [0, 0.05) is 11.5 Å². The molecule has 0 bridgehead atoms. The van der Waals surface area contributed by atoms with Crippen LogP contribution in [-0.4, -0.2) is 22.9 Å². The lowest BCUT2D eigenvalue weighted by molar-refractivity contribution is -0.274. The summed E-state index contributed by atoms with van der Waals surface area (Å²) in [6.45, 7) is 6.75. The fourth-order valence-electron chi connectivity index (χ4n) is 8.88. The lowest BCUT2D eigenvalue weighted by Gasteiger charge is -2.61. The Labute approximate surface area is 200 Å². The summed E-state index contributed by atoms with van der Waals surface area (Å²) in [6.07, 6.45) is 4.57. The molecule has 0 spiro atoms. The van der Waals surface area contributed by atoms with Gasteiger partial charge in [-0.3, -0.25) is 4.79 Å². The van der Waals surface area contributed by atoms with Crippen molar-refractivity contribution in [2.45, 2.75) is 90.5 Å². The van der Waals surface area contributed by atoms with Gasteiger partial charge in [0.15, 0.2) is 5.78 Å². The van der Waals surface area contributed by atoms with Crippen molar-refractivity contribution in [2.75, 3.05) is 0 Å². The fraction of sp³-hybridized carbons (Fsp3) is 0.750. The topological polar surface area (TPSA) is 46.5 Å². The van der Waals surface area contributed by atoms with Crippen LogP contribution in [0.4, 0.5) is 13.2 Å². The first kappa shape index (κ1) is 24.1. The number of benzene rings is 1. The zero-order chi connectivity index (χ0) is 24.5. The van der Waals surface area contributed by atoms with Crippen LogP contribution in [0.5, 0.6) is 5.75 Å². The molecule has 4 fully saturated rings. The molecule has 188 valence electrons. The van der Waals surface area contributed by atoms with Crippen LogP contribution >= 0.6 is 0 Å². The lowest BCUT2D eigenvalue weighted by Crippen LogP contribution is -2.55. The number of ketones is 1. The second-order valence-electron chi connectivity index (χ2n) is 12.5. The van der Waals surface area contributed by atoms with E-state index in [9.17, 15) is 23.1 Å². The van der Waals surface area contributed by atoms with Crippen molar-refractivity contribution in [3.05, 3.63) is 29.8 Å². The van der Waals surface area contributed by atoms with Crippen molar-refractivity contribution in [3.63, 3.8) is 0 Å². The first-order chi connectivity index (χ1) is 15.8. The number of rotatable bonds is 3. The Balaban J connectivity index is 1.33. The summed E-state index contributed by atoms with van der Waals surface area (Å²) >= 11 is 0. The third-order valence-corrected chi connectivity index (χ3v) is 10.6. The molecule has 0 saturated heterocycles. The van der Waals surface area contributed by atoms with Gasteiger partial charge in [-0.25, -0.2) is 0 Å². The maximum atomic E-state index is 13.5. The molecule has 3 nitrogen and oxygen atoms in total. The van der Waals surface area contributed by atoms with E-state index in [0.29, 0.717) is 29.2 Å². The Morgan fingerprint density at radius 3 is 2.26 bits per heavy atom. The van der Waals surface area contributed by atoms with Gasteiger partial charge in [-0.05, 0) is 123 Å². The molecule has 5 rings (SSSR count). The number of aliphatic hydroxyl groups is 1. The highest BCUT2D eigenvalue weighted by atomic mass is 19.4. The van der Waals surface area contributed by atoms with Crippen LogP contribution in [0.3, 0.4) is 0 Å². The highest BCUT2D eigenvalue weighted by molar-refractivity contribution is 5.98. The van der Waals surface area contributed by atoms with Gasteiger partial charge < -0.3 is 9.84 Å². The number of fused-ring (bicyclic) bond motifs is 5. The molecule has 0 heterocycles. The van der Waals surface area contributed by atoms with Crippen molar-refractivity contribution in [1.82, 2.24) is 0 Å². The Kier molecular flexibility index (Phi) is 5.66. The number of hydrogen-bond donors (Lipinski definition) is 1. The predicted octanol–water partition coefficient (Wildman–Crippen LogP) is 7.18. The largest absolute Gasteiger partial charge is 0.573 e. The second kappa shape index (κ2) is 7.97. The Morgan fingerprint density at radius 2 is 1.59 bits per heavy atom. The summed E-state index contributed by atoms with van der Waals surface area (Å²) < 4.78 is 41.4. The number of carbonyl (C=O) groups is 1. The fourth-order valence-corrected chi connectivity index (χ4v) is 8.88. The minimum Gasteiger partial charge on any atom is -0.406 e. The van der Waals surface area contributed by atoms with E-state index >= 15 is 0 Å². The van der Waals surface area contributed by atoms with Gasteiger partial charge in [0.25, 0.3) is 0 Å². The molecule has 0 amide bonds. The minimum absolute atomic E-state index is 0.0528. The molecule has 6 heteroatoms. The van der Waals surface area contributed by atoms with Gasteiger partial charge in [-0.2, -0.15) is 0 Å². The second-order valence-corrected chi connectivity index (χ2v) is 12.5. The molecule has 0 aromatic heterocycles. The smallest absolute Gasteiger partial charge is 0.406 e. The summed E-state index contributed by atoms with van der Waals surface area (Å²) in [7, 11) is 0. The number of Topliss-reactive ketones (excluding diaryl/α,β-unsaturated/α-hetero) is 1. The van der Waals surface area contributed by atoms with E-state index in [1.807, 2.05) is 6.92 Å². The normalized spacial score (nSPS) is 44.0. The van der Waals surface area contributed by atoms with Crippen molar-refractivity contribution < 1.29 is 27.8 Å². The molecular weight excluding hydrogens is 441 g/mol. The summed E-state index contributed by atoms with van der Waals surface area (Å²) in [5, 5.41) is 10.7. The maximum Gasteiger partial charge on any atom is 0.573 e. The first-order valence-corrected chi connectivity index (χ1v) is 12.9. The van der Waals surface area contributed by atoms with Gasteiger partial charge in [0.1, 0.15) is 5.75 Å². The van der Waals surface area contributed by atoms with Crippen LogP contribution in [0.2, 0.25) is 0 Å². The van der Waals surface area contributed by atoms with E-state index < -0.39 is 12.0 Å². The minimum atomic E-state index is -4.74. The Hall–Kier alpha value is -1.56. The predicted molar refractivity (Wildman–Crippen MR) is 123 cm³/mol. The Morgan fingerprint density at radius 1 is 0.912 bits per heavy atom. The lowest BCUT2D eigenvalue weighted by atomic mass is 9.44. The van der Waals surface area contributed by atoms with Gasteiger partial charge in [0.2, 0.25) is 0 Å². The third-order valence-electron chi connectivity index (χ3n) is 10.6. The Bertz CT molecular complexity index is 939. The molecule has 4 saturated carbocycles. The van der Waals surface area contributed by atoms with E-state index in [1.54, 1.807) is 0 Å². The number of carbonyl (C=O) groups excluding carboxylic acids is 1. The van der Waals surface area contributed by atoms with Gasteiger partial charge in [-0.15, -0.1) is 13.2 Å². The molecule has 1 unspecified atom stereocenters. The van der Waals surface area contributed by atoms with E-state index in [4.69, 9.17) is 0 Å². The van der Waals surface area contributed by atoms with Crippen LogP contribution in [0.1, 0.15) is 88.9 Å². The van der Waals surface area contributed by atoms with Crippen LogP contribution in [0.15, 0.2) is 24.3 Å². The van der Waals surface area contributed by atoms with E-state index in [-0.39, 0.29) is 28.3 Å². The summed E-state index contributed by atoms with van der Waals surface area (Å²) in [5.41, 5.74) is 0.172. The number of halogens is 3. The molecule has 0 radical (unpaired) electrons. The van der Waals surface area contributed by atoms with Crippen LogP contribution < -0.4 is 4.74 Å². The highest BCUT2D eigenvalue weighted by Gasteiger charge is 2.61. The van der Waals surface area contributed by atoms with Gasteiger partial charge in [-0.1, -0.05) is 13.8 Å². The monoisotopic (exact) mass is 478 g/mol. The molecule has 1 N–H and O–H groups in total. The average molecular weight is 479 g/mol. The number of ether oxygens (including phenoxy) is 1. The van der Waals surface area contributed by atoms with Crippen LogP contribution in [-0.2, 0) is 0 Å². The SMILES string of the molecule is CC12CC[C@@](C)(O)C[C@H]1CC[C@@H]1[C@@H]2CC[C@]2(C)[C@@H](C(=O)c3ccc(OC(F)(F)F)cc3)CC[C@@H]12. The van der Waals surface area contributed by atoms with Crippen LogP contribution in [0.25, 0.3) is 0 Å². The van der Waals surface area contributed by atoms with Gasteiger partial charge >= 0.3 is 6.36 Å². The van der Waals surface area contributed by atoms with E-state index in [0.717, 1.165) is 44.9 Å². The molecular formula is C28H37F3O3. The maximum absolute atomic E-state index is 13.5. The number of hydrogen-bond acceptors (Lipinski definition) is 3. The molecule has 4 aliphatic carbocycles. The standard InChI is InChI=1S/C28H37F3O3/c1-25(33)14-15-26(2)18(16-25)6-9-20-21-10-11-23(27(21,3)13-12-22(20)26)24(32)17-4-7-19(8-5-17)34-28(29,30)31/h4-5,7-8,18,20-23,33H,6,9-16H2,1-3H3/t18-,20+,21+,22+,23-,25-,26?,27+/m1/s1. The first-order valence-electron chi connectivity index (χ1n) is 12.9. The number of alkyl halides is 3.